The van der Waals surface area contributed by atoms with Crippen LogP contribution in [0.2, 0.25) is 10.0 Å². The fourth-order valence-electron chi connectivity index (χ4n) is 4.99. The van der Waals surface area contributed by atoms with Gasteiger partial charge in [0.2, 0.25) is 0 Å². The van der Waals surface area contributed by atoms with E-state index in [1.165, 1.54) is 20.4 Å². The van der Waals surface area contributed by atoms with E-state index in [1.807, 2.05) is 6.07 Å². The monoisotopic (exact) mass is 712 g/mol. The van der Waals surface area contributed by atoms with Gasteiger partial charge in [0.1, 0.15) is 13.2 Å². The zero-order chi connectivity index (χ0) is 35.5. The number of methoxy groups -OCH3 is 2. The second-order valence-electron chi connectivity index (χ2n) is 10.6. The summed E-state index contributed by atoms with van der Waals surface area (Å²) in [6, 6.07) is 12.6. The number of hydrogen-bond acceptors (Lipinski definition) is 10. The van der Waals surface area contributed by atoms with Gasteiger partial charge in [0, 0.05) is 26.9 Å². The molecule has 2 amide bonds. The smallest absolute Gasteiger partial charge is 0.337 e. The van der Waals surface area contributed by atoms with Crippen LogP contribution >= 0.6 is 23.2 Å². The number of urea groups is 1. The van der Waals surface area contributed by atoms with E-state index in [1.54, 1.807) is 62.4 Å². The average Bonchev–Trinajstić information content (AvgIpc) is 3.07. The van der Waals surface area contributed by atoms with Crippen molar-refractivity contribution in [3.05, 3.63) is 105 Å². The number of allylic oxidation sites excluding steroid dienone is 2. The predicted octanol–water partition coefficient (Wildman–Crippen LogP) is 5.83. The molecule has 0 bridgehead atoms. The highest BCUT2D eigenvalue weighted by Gasteiger charge is 2.32. The van der Waals surface area contributed by atoms with E-state index < -0.39 is 24.3 Å². The number of nitrogens with one attached hydrogen (secondary N) is 3. The maximum atomic E-state index is 12.5. The number of carbonyl (C=O) groups is 2. The number of aliphatic hydroxyl groups excluding tert-OH is 1. The van der Waals surface area contributed by atoms with E-state index in [2.05, 4.69) is 27.7 Å². The summed E-state index contributed by atoms with van der Waals surface area (Å²) in [4.78, 5) is 24.7. The number of carbonyl (C=O) groups excluding carboxylic acids is 2. The topological polar surface area (TPSA) is 149 Å². The molecule has 0 aliphatic carbocycles. The van der Waals surface area contributed by atoms with E-state index in [0.717, 1.165) is 11.1 Å². The summed E-state index contributed by atoms with van der Waals surface area (Å²) < 4.78 is 28.3. The standard InChI is InChI=1S/C35H38Cl2N4O8/c1-6-8-23-13-21(14-29(45-4)33(23)49-18-24-9-11-25(36)16-26(24)37)17-38-41-30(42)19-48-27-12-10-22(15-28(27)47-7-2)32-31(34(43)46-5)20(3)39-35(44)40-32/h6,9-17,30,32,41-42H,1,7-8,18-19H2,2-5H3,(H2,39,40,44)/b38-17-/t30-,32+/m1/s1. The normalized spacial score (nSPS) is 14.8. The van der Waals surface area contributed by atoms with Crippen molar-refractivity contribution >= 4 is 41.4 Å². The van der Waals surface area contributed by atoms with Gasteiger partial charge in [-0.3, -0.25) is 5.43 Å². The number of amides is 2. The number of nitrogens with zero attached hydrogens (tertiary/aromatic N) is 1. The highest BCUT2D eigenvalue weighted by Crippen LogP contribution is 2.36. The molecule has 0 saturated heterocycles. The van der Waals surface area contributed by atoms with Crippen LogP contribution in [0.4, 0.5) is 4.79 Å². The van der Waals surface area contributed by atoms with Gasteiger partial charge in [-0.1, -0.05) is 41.4 Å². The first kappa shape index (κ1) is 36.9. The number of esters is 1. The van der Waals surface area contributed by atoms with Crippen molar-refractivity contribution in [3.8, 4) is 23.0 Å². The van der Waals surface area contributed by atoms with Crippen LogP contribution in [0.1, 0.15) is 42.1 Å². The van der Waals surface area contributed by atoms with Crippen LogP contribution in [0.25, 0.3) is 0 Å². The summed E-state index contributed by atoms with van der Waals surface area (Å²) >= 11 is 12.3. The molecule has 1 aliphatic rings. The molecule has 14 heteroatoms. The predicted molar refractivity (Wildman–Crippen MR) is 187 cm³/mol. The molecule has 0 fully saturated rings. The Balaban J connectivity index is 1.43. The fraction of sp³-hybridized carbons (Fsp3) is 0.286. The Bertz CT molecular complexity index is 1750. The summed E-state index contributed by atoms with van der Waals surface area (Å²) in [7, 11) is 2.81. The minimum atomic E-state index is -1.19. The van der Waals surface area contributed by atoms with Crippen molar-refractivity contribution in [3.63, 3.8) is 0 Å². The Kier molecular flexibility index (Phi) is 13.2. The summed E-state index contributed by atoms with van der Waals surface area (Å²) in [5, 5.41) is 21.1. The van der Waals surface area contributed by atoms with E-state index in [9.17, 15) is 14.7 Å². The first-order chi connectivity index (χ1) is 23.6. The minimum Gasteiger partial charge on any atom is -0.493 e. The lowest BCUT2D eigenvalue weighted by atomic mass is 9.95. The van der Waals surface area contributed by atoms with Crippen molar-refractivity contribution in [2.45, 2.75) is 39.1 Å². The molecule has 49 heavy (non-hydrogen) atoms. The van der Waals surface area contributed by atoms with Crippen LogP contribution in [-0.4, -0.2) is 57.0 Å². The van der Waals surface area contributed by atoms with Crippen molar-refractivity contribution in [2.75, 3.05) is 27.4 Å². The second-order valence-corrected chi connectivity index (χ2v) is 11.5. The minimum absolute atomic E-state index is 0.182. The first-order valence-corrected chi connectivity index (χ1v) is 15.9. The molecule has 1 aliphatic heterocycles. The highest BCUT2D eigenvalue weighted by atomic mass is 35.5. The number of halogens is 2. The Morgan fingerprint density at radius 2 is 1.86 bits per heavy atom. The lowest BCUT2D eigenvalue weighted by Gasteiger charge is -2.28. The molecule has 0 saturated carbocycles. The van der Waals surface area contributed by atoms with E-state index in [0.29, 0.717) is 62.9 Å². The van der Waals surface area contributed by atoms with Gasteiger partial charge in [-0.05, 0) is 67.8 Å². The van der Waals surface area contributed by atoms with Crippen LogP contribution < -0.4 is 35.0 Å². The number of ether oxygens (including phenoxy) is 5. The molecule has 260 valence electrons. The Morgan fingerprint density at radius 3 is 2.55 bits per heavy atom. The molecule has 0 radical (unpaired) electrons. The van der Waals surface area contributed by atoms with Gasteiger partial charge < -0.3 is 39.4 Å². The molecule has 3 aromatic rings. The van der Waals surface area contributed by atoms with Gasteiger partial charge in [0.15, 0.2) is 29.2 Å². The van der Waals surface area contributed by atoms with E-state index in [4.69, 9.17) is 46.9 Å². The molecular formula is C35H38Cl2N4O8. The van der Waals surface area contributed by atoms with Gasteiger partial charge >= 0.3 is 12.0 Å². The first-order valence-electron chi connectivity index (χ1n) is 15.2. The van der Waals surface area contributed by atoms with Crippen LogP contribution in [0.15, 0.2) is 77.6 Å². The zero-order valence-corrected chi connectivity index (χ0v) is 29.0. The van der Waals surface area contributed by atoms with Gasteiger partial charge in [0.25, 0.3) is 0 Å². The maximum Gasteiger partial charge on any atom is 0.337 e. The third-order valence-electron chi connectivity index (χ3n) is 7.23. The molecule has 12 nitrogen and oxygen atoms in total. The molecule has 0 unspecified atom stereocenters. The van der Waals surface area contributed by atoms with Gasteiger partial charge in [-0.15, -0.1) is 6.58 Å². The molecule has 3 aromatic carbocycles. The van der Waals surface area contributed by atoms with E-state index >= 15 is 0 Å². The van der Waals surface area contributed by atoms with Crippen molar-refractivity contribution < 1.29 is 38.4 Å². The van der Waals surface area contributed by atoms with Crippen LogP contribution in [0.5, 0.6) is 23.0 Å². The second kappa shape index (κ2) is 17.5. The van der Waals surface area contributed by atoms with Crippen molar-refractivity contribution in [1.29, 1.82) is 0 Å². The summed E-state index contributed by atoms with van der Waals surface area (Å²) in [5.41, 5.74) is 6.12. The number of aliphatic hydroxyl groups is 1. The third-order valence-corrected chi connectivity index (χ3v) is 7.82. The number of rotatable bonds is 16. The molecular weight excluding hydrogens is 675 g/mol. The van der Waals surface area contributed by atoms with Gasteiger partial charge in [-0.2, -0.15) is 5.10 Å². The van der Waals surface area contributed by atoms with Crippen LogP contribution in [0, 0.1) is 0 Å². The third kappa shape index (κ3) is 9.59. The fourth-order valence-corrected chi connectivity index (χ4v) is 5.45. The van der Waals surface area contributed by atoms with Gasteiger partial charge in [0.05, 0.1) is 38.7 Å². The van der Waals surface area contributed by atoms with Crippen molar-refractivity contribution in [2.24, 2.45) is 5.10 Å². The molecule has 0 aromatic heterocycles. The van der Waals surface area contributed by atoms with Crippen molar-refractivity contribution in [1.82, 2.24) is 16.1 Å². The average molecular weight is 714 g/mol. The maximum absolute atomic E-state index is 12.5. The Morgan fingerprint density at radius 1 is 1.06 bits per heavy atom. The lowest BCUT2D eigenvalue weighted by Crippen LogP contribution is -2.45. The van der Waals surface area contributed by atoms with Crippen LogP contribution in [0.3, 0.4) is 0 Å². The summed E-state index contributed by atoms with van der Waals surface area (Å²) in [6.45, 7) is 7.61. The number of hydrogen-bond donors (Lipinski definition) is 4. The SMILES string of the molecule is C=CCc1cc(/C=N\N[C@H](O)COc2ccc([C@@H]3NC(=O)NC(C)=C3C(=O)OC)cc2OCC)cc(OC)c1OCc1ccc(Cl)cc1Cl. The van der Waals surface area contributed by atoms with Crippen LogP contribution in [-0.2, 0) is 22.6 Å². The summed E-state index contributed by atoms with van der Waals surface area (Å²) in [5.74, 6) is 1.13. The highest BCUT2D eigenvalue weighted by molar-refractivity contribution is 6.35. The molecule has 0 spiro atoms. The summed E-state index contributed by atoms with van der Waals surface area (Å²) in [6.07, 6.45) is 2.58. The largest absolute Gasteiger partial charge is 0.493 e. The molecule has 1 heterocycles. The zero-order valence-electron chi connectivity index (χ0n) is 27.5. The van der Waals surface area contributed by atoms with E-state index in [-0.39, 0.29) is 18.8 Å². The quantitative estimate of drug-likeness (QED) is 0.0473. The molecule has 4 N–H and O–H groups in total. The Hall–Kier alpha value is -4.91. The number of hydrazone groups is 1. The molecule has 4 rings (SSSR count). The Labute approximate surface area is 294 Å². The van der Waals surface area contributed by atoms with Gasteiger partial charge in [-0.25, -0.2) is 9.59 Å². The number of benzene rings is 3. The lowest BCUT2D eigenvalue weighted by molar-refractivity contribution is -0.136. The molecule has 2 atom stereocenters.